The molecule has 84 valence electrons. The number of halogens is 1. The molecule has 15 heavy (non-hydrogen) atoms. The van der Waals surface area contributed by atoms with Gasteiger partial charge in [-0.1, -0.05) is 18.5 Å². The molecule has 0 spiro atoms. The van der Waals surface area contributed by atoms with Gasteiger partial charge in [0.15, 0.2) is 5.82 Å². The lowest BCUT2D eigenvalue weighted by Crippen LogP contribution is -2.28. The average Bonchev–Trinajstić information content (AvgIpc) is 2.25. The van der Waals surface area contributed by atoms with Crippen LogP contribution in [0.15, 0.2) is 12.5 Å². The Labute approximate surface area is 95.5 Å². The van der Waals surface area contributed by atoms with Crippen LogP contribution in [-0.4, -0.2) is 29.6 Å². The summed E-state index contributed by atoms with van der Waals surface area (Å²) in [4.78, 5) is 10.2. The Morgan fingerprint density at radius 1 is 1.47 bits per heavy atom. The number of nitrogens with zero attached hydrogens (tertiary/aromatic N) is 3. The van der Waals surface area contributed by atoms with Crippen LogP contribution in [0, 0.1) is 0 Å². The molecule has 0 atom stereocenters. The van der Waals surface area contributed by atoms with Gasteiger partial charge in [-0.05, 0) is 19.4 Å². The van der Waals surface area contributed by atoms with Crippen molar-refractivity contribution in [3.63, 3.8) is 0 Å². The minimum Gasteiger partial charge on any atom is -0.355 e. The Bertz CT molecular complexity index is 293. The van der Waals surface area contributed by atoms with Crippen molar-refractivity contribution in [1.82, 2.24) is 9.97 Å². The molecule has 0 bridgehead atoms. The van der Waals surface area contributed by atoms with E-state index in [-0.39, 0.29) is 0 Å². The molecule has 0 aliphatic heterocycles. The Hall–Kier alpha value is -0.870. The molecule has 0 radical (unpaired) electrons. The van der Waals surface area contributed by atoms with Crippen molar-refractivity contribution in [2.75, 3.05) is 24.5 Å². The largest absolute Gasteiger partial charge is 0.355 e. The Balaban J connectivity index is 2.74. The molecule has 0 unspecified atom stereocenters. The third-order valence-corrected chi connectivity index (χ3v) is 2.34. The zero-order chi connectivity index (χ0) is 11.1. The molecule has 0 saturated heterocycles. The minimum absolute atomic E-state index is 0.600. The van der Waals surface area contributed by atoms with Crippen LogP contribution in [0.2, 0.25) is 5.02 Å². The van der Waals surface area contributed by atoms with Gasteiger partial charge in [0.1, 0.15) is 11.3 Å². The van der Waals surface area contributed by atoms with E-state index < -0.39 is 0 Å². The van der Waals surface area contributed by atoms with Crippen LogP contribution >= 0.6 is 11.6 Å². The van der Waals surface area contributed by atoms with E-state index in [1.54, 1.807) is 6.20 Å². The highest BCUT2D eigenvalue weighted by atomic mass is 35.5. The SMILES string of the molecule is CCCN(CCCN)c1ncncc1Cl. The molecule has 1 aromatic heterocycles. The van der Waals surface area contributed by atoms with E-state index in [4.69, 9.17) is 17.3 Å². The molecule has 4 nitrogen and oxygen atoms in total. The maximum Gasteiger partial charge on any atom is 0.150 e. The average molecular weight is 229 g/mol. The summed E-state index contributed by atoms with van der Waals surface area (Å²) in [6, 6.07) is 0. The number of hydrogen-bond acceptors (Lipinski definition) is 4. The van der Waals surface area contributed by atoms with Crippen molar-refractivity contribution >= 4 is 17.4 Å². The van der Waals surface area contributed by atoms with Gasteiger partial charge in [0.25, 0.3) is 0 Å². The first-order valence-corrected chi connectivity index (χ1v) is 5.58. The molecule has 0 amide bonds. The summed E-state index contributed by atoms with van der Waals surface area (Å²) in [6.07, 6.45) is 5.15. The second-order valence-corrected chi connectivity index (χ2v) is 3.73. The number of nitrogens with two attached hydrogens (primary N) is 1. The monoisotopic (exact) mass is 228 g/mol. The van der Waals surface area contributed by atoms with E-state index in [1.165, 1.54) is 6.33 Å². The molecule has 5 heteroatoms. The highest BCUT2D eigenvalue weighted by Gasteiger charge is 2.10. The molecule has 0 aliphatic carbocycles. The predicted octanol–water partition coefficient (Wildman–Crippen LogP) is 1.70. The van der Waals surface area contributed by atoms with Crippen molar-refractivity contribution in [2.45, 2.75) is 19.8 Å². The normalized spacial score (nSPS) is 10.3. The summed E-state index contributed by atoms with van der Waals surface area (Å²) in [6.45, 7) is 4.64. The van der Waals surface area contributed by atoms with Crippen LogP contribution in [-0.2, 0) is 0 Å². The van der Waals surface area contributed by atoms with Crippen LogP contribution in [0.5, 0.6) is 0 Å². The maximum atomic E-state index is 6.04. The first kappa shape index (κ1) is 12.2. The summed E-state index contributed by atoms with van der Waals surface area (Å²) < 4.78 is 0. The van der Waals surface area contributed by atoms with Gasteiger partial charge in [0, 0.05) is 13.1 Å². The van der Waals surface area contributed by atoms with Gasteiger partial charge >= 0.3 is 0 Å². The highest BCUT2D eigenvalue weighted by Crippen LogP contribution is 2.21. The smallest absolute Gasteiger partial charge is 0.150 e. The third kappa shape index (κ3) is 3.64. The lowest BCUT2D eigenvalue weighted by Gasteiger charge is -2.23. The number of anilines is 1. The molecule has 0 fully saturated rings. The first-order chi connectivity index (χ1) is 7.29. The van der Waals surface area contributed by atoms with Crippen LogP contribution in [0.4, 0.5) is 5.82 Å². The van der Waals surface area contributed by atoms with Crippen LogP contribution in [0.3, 0.4) is 0 Å². The Morgan fingerprint density at radius 3 is 2.87 bits per heavy atom. The predicted molar refractivity (Wildman–Crippen MR) is 63.2 cm³/mol. The molecular formula is C10H17ClN4. The van der Waals surface area contributed by atoms with E-state index in [9.17, 15) is 0 Å². The zero-order valence-electron chi connectivity index (χ0n) is 8.99. The van der Waals surface area contributed by atoms with Crippen LogP contribution in [0.25, 0.3) is 0 Å². The minimum atomic E-state index is 0.600. The Morgan fingerprint density at radius 2 is 2.27 bits per heavy atom. The van der Waals surface area contributed by atoms with Gasteiger partial charge in [0.05, 0.1) is 6.20 Å². The van der Waals surface area contributed by atoms with Gasteiger partial charge in [-0.25, -0.2) is 9.97 Å². The van der Waals surface area contributed by atoms with E-state index in [0.29, 0.717) is 11.6 Å². The third-order valence-electron chi connectivity index (χ3n) is 2.07. The van der Waals surface area contributed by atoms with Crippen LogP contribution < -0.4 is 10.6 Å². The summed E-state index contributed by atoms with van der Waals surface area (Å²) in [5.41, 5.74) is 5.50. The van der Waals surface area contributed by atoms with E-state index >= 15 is 0 Å². The first-order valence-electron chi connectivity index (χ1n) is 5.20. The molecule has 1 rings (SSSR count). The lowest BCUT2D eigenvalue weighted by atomic mass is 10.3. The summed E-state index contributed by atoms with van der Waals surface area (Å²) in [5, 5.41) is 0.600. The molecule has 0 saturated carbocycles. The van der Waals surface area contributed by atoms with Gasteiger partial charge in [-0.3, -0.25) is 0 Å². The quantitative estimate of drug-likeness (QED) is 0.805. The molecule has 2 N–H and O–H groups in total. The van der Waals surface area contributed by atoms with Crippen molar-refractivity contribution in [3.05, 3.63) is 17.5 Å². The van der Waals surface area contributed by atoms with Gasteiger partial charge in [0.2, 0.25) is 0 Å². The van der Waals surface area contributed by atoms with Gasteiger partial charge in [-0.2, -0.15) is 0 Å². The lowest BCUT2D eigenvalue weighted by molar-refractivity contribution is 0.710. The van der Waals surface area contributed by atoms with Crippen molar-refractivity contribution in [2.24, 2.45) is 5.73 Å². The number of hydrogen-bond donors (Lipinski definition) is 1. The van der Waals surface area contributed by atoms with Crippen molar-refractivity contribution in [1.29, 1.82) is 0 Å². The molecular weight excluding hydrogens is 212 g/mol. The topological polar surface area (TPSA) is 55.0 Å². The van der Waals surface area contributed by atoms with E-state index in [0.717, 1.165) is 31.7 Å². The van der Waals surface area contributed by atoms with E-state index in [2.05, 4.69) is 21.8 Å². The maximum absolute atomic E-state index is 6.04. The summed E-state index contributed by atoms with van der Waals surface area (Å²) >= 11 is 6.04. The number of rotatable bonds is 6. The zero-order valence-corrected chi connectivity index (χ0v) is 9.74. The molecule has 1 aromatic rings. The highest BCUT2D eigenvalue weighted by molar-refractivity contribution is 6.32. The van der Waals surface area contributed by atoms with E-state index in [1.807, 2.05) is 0 Å². The molecule has 1 heterocycles. The van der Waals surface area contributed by atoms with Gasteiger partial charge < -0.3 is 10.6 Å². The summed E-state index contributed by atoms with van der Waals surface area (Å²) in [7, 11) is 0. The second kappa shape index (κ2) is 6.58. The second-order valence-electron chi connectivity index (χ2n) is 3.32. The van der Waals surface area contributed by atoms with Crippen LogP contribution in [0.1, 0.15) is 19.8 Å². The number of aromatic nitrogens is 2. The van der Waals surface area contributed by atoms with Gasteiger partial charge in [-0.15, -0.1) is 0 Å². The van der Waals surface area contributed by atoms with Crippen molar-refractivity contribution in [3.8, 4) is 0 Å². The fourth-order valence-electron chi connectivity index (χ4n) is 1.41. The molecule has 0 aromatic carbocycles. The fraction of sp³-hybridized carbons (Fsp3) is 0.600. The summed E-state index contributed by atoms with van der Waals surface area (Å²) in [5.74, 6) is 0.807. The molecule has 0 aliphatic rings. The Kier molecular flexibility index (Phi) is 5.36. The van der Waals surface area contributed by atoms with Crippen molar-refractivity contribution < 1.29 is 0 Å². The fourth-order valence-corrected chi connectivity index (χ4v) is 1.64. The standard InChI is InChI=1S/C10H17ClN4/c1-2-5-15(6-3-4-12)10-9(11)7-13-8-14-10/h7-8H,2-6,12H2,1H3.